The van der Waals surface area contributed by atoms with E-state index in [4.69, 9.17) is 0 Å². The average molecular weight is 246 g/mol. The van der Waals surface area contributed by atoms with Gasteiger partial charge in [-0.25, -0.2) is 4.98 Å². The molecule has 1 N–H and O–H groups in total. The minimum atomic E-state index is 0.222. The number of thiazole rings is 1. The first-order valence-corrected chi connectivity index (χ1v) is 6.80. The first kappa shape index (κ1) is 12.3. The third-order valence-corrected chi connectivity index (χ3v) is 3.69. The molecule has 0 aliphatic carbocycles. The highest BCUT2D eigenvalue weighted by atomic mass is 32.1. The Labute approximate surface area is 107 Å². The molecule has 0 spiro atoms. The minimum Gasteiger partial charge on any atom is -0.305 e. The summed E-state index contributed by atoms with van der Waals surface area (Å²) in [4.78, 5) is 4.44. The van der Waals surface area contributed by atoms with Crippen molar-refractivity contribution < 1.29 is 0 Å². The number of hydrogen-bond donors (Lipinski definition) is 1. The summed E-state index contributed by atoms with van der Waals surface area (Å²) in [6.07, 6.45) is 1.87. The predicted octanol–water partition coefficient (Wildman–Crippen LogP) is 3.46. The topological polar surface area (TPSA) is 24.9 Å². The lowest BCUT2D eigenvalue weighted by Gasteiger charge is -2.18. The molecule has 1 unspecified atom stereocenters. The number of rotatable bonds is 4. The van der Waals surface area contributed by atoms with E-state index < -0.39 is 0 Å². The molecular formula is C14H18N2S. The van der Waals surface area contributed by atoms with Gasteiger partial charge in [0.05, 0.1) is 6.04 Å². The zero-order valence-electron chi connectivity index (χ0n) is 10.5. The number of nitrogens with zero attached hydrogens (tertiary/aromatic N) is 1. The minimum absolute atomic E-state index is 0.222. The molecular weight excluding hydrogens is 228 g/mol. The Kier molecular flexibility index (Phi) is 3.92. The lowest BCUT2D eigenvalue weighted by Crippen LogP contribution is -2.22. The van der Waals surface area contributed by atoms with Crippen molar-refractivity contribution in [1.29, 1.82) is 0 Å². The van der Waals surface area contributed by atoms with Crippen molar-refractivity contribution in [2.45, 2.75) is 26.8 Å². The van der Waals surface area contributed by atoms with E-state index in [2.05, 4.69) is 49.3 Å². The Hall–Kier alpha value is -1.19. The van der Waals surface area contributed by atoms with Gasteiger partial charge in [-0.3, -0.25) is 0 Å². The summed E-state index contributed by atoms with van der Waals surface area (Å²) in [6.45, 7) is 7.36. The molecule has 2 aromatic rings. The highest BCUT2D eigenvalue weighted by Gasteiger charge is 2.17. The normalized spacial score (nSPS) is 12.6. The smallest absolute Gasteiger partial charge is 0.114 e. The van der Waals surface area contributed by atoms with Crippen LogP contribution >= 0.6 is 11.3 Å². The van der Waals surface area contributed by atoms with Crippen molar-refractivity contribution in [3.05, 3.63) is 51.5 Å². The molecule has 0 radical (unpaired) electrons. The van der Waals surface area contributed by atoms with Crippen LogP contribution in [-0.2, 0) is 0 Å². The molecule has 17 heavy (non-hydrogen) atoms. The van der Waals surface area contributed by atoms with Gasteiger partial charge in [-0.15, -0.1) is 11.3 Å². The molecule has 3 heteroatoms. The van der Waals surface area contributed by atoms with Crippen molar-refractivity contribution in [2.75, 3.05) is 6.54 Å². The van der Waals surface area contributed by atoms with Crippen molar-refractivity contribution in [3.63, 3.8) is 0 Å². The second-order valence-corrected chi connectivity index (χ2v) is 5.15. The van der Waals surface area contributed by atoms with E-state index in [0.717, 1.165) is 11.6 Å². The number of aryl methyl sites for hydroxylation is 2. The van der Waals surface area contributed by atoms with Gasteiger partial charge in [-0.05, 0) is 31.5 Å². The Morgan fingerprint density at radius 1 is 1.35 bits per heavy atom. The van der Waals surface area contributed by atoms with Gasteiger partial charge in [0.25, 0.3) is 0 Å². The average Bonchev–Trinajstić information content (AvgIpc) is 2.83. The molecule has 1 aromatic carbocycles. The van der Waals surface area contributed by atoms with Gasteiger partial charge >= 0.3 is 0 Å². The van der Waals surface area contributed by atoms with Crippen LogP contribution in [0.25, 0.3) is 0 Å². The van der Waals surface area contributed by atoms with Crippen molar-refractivity contribution in [3.8, 4) is 0 Å². The van der Waals surface area contributed by atoms with E-state index in [9.17, 15) is 0 Å². The third kappa shape index (κ3) is 2.73. The SMILES string of the molecule is CCNC(c1nccs1)c1cc(C)ccc1C. The maximum absolute atomic E-state index is 4.44. The second-order valence-electron chi connectivity index (χ2n) is 4.22. The number of hydrogen-bond acceptors (Lipinski definition) is 3. The first-order valence-electron chi connectivity index (χ1n) is 5.92. The lowest BCUT2D eigenvalue weighted by atomic mass is 9.99. The van der Waals surface area contributed by atoms with E-state index in [1.54, 1.807) is 11.3 Å². The van der Waals surface area contributed by atoms with Gasteiger partial charge in [0.2, 0.25) is 0 Å². The molecule has 1 heterocycles. The van der Waals surface area contributed by atoms with Crippen LogP contribution < -0.4 is 5.32 Å². The fraction of sp³-hybridized carbons (Fsp3) is 0.357. The summed E-state index contributed by atoms with van der Waals surface area (Å²) in [5, 5.41) is 6.69. The largest absolute Gasteiger partial charge is 0.305 e. The monoisotopic (exact) mass is 246 g/mol. The van der Waals surface area contributed by atoms with Crippen LogP contribution in [0.2, 0.25) is 0 Å². The van der Waals surface area contributed by atoms with Gasteiger partial charge in [0, 0.05) is 11.6 Å². The van der Waals surface area contributed by atoms with E-state index in [1.165, 1.54) is 16.7 Å². The van der Waals surface area contributed by atoms with Crippen LogP contribution in [0.15, 0.2) is 29.8 Å². The lowest BCUT2D eigenvalue weighted by molar-refractivity contribution is 0.624. The quantitative estimate of drug-likeness (QED) is 0.893. The summed E-state index contributed by atoms with van der Waals surface area (Å²) in [6, 6.07) is 6.82. The first-order chi connectivity index (χ1) is 8.22. The van der Waals surface area contributed by atoms with Gasteiger partial charge in [-0.1, -0.05) is 30.7 Å². The fourth-order valence-electron chi connectivity index (χ4n) is 1.98. The zero-order chi connectivity index (χ0) is 12.3. The van der Waals surface area contributed by atoms with Crippen LogP contribution in [0.5, 0.6) is 0 Å². The summed E-state index contributed by atoms with van der Waals surface area (Å²) >= 11 is 1.71. The summed E-state index contributed by atoms with van der Waals surface area (Å²) in [5.41, 5.74) is 3.95. The molecule has 0 amide bonds. The van der Waals surface area contributed by atoms with Gasteiger partial charge in [-0.2, -0.15) is 0 Å². The molecule has 1 atom stereocenters. The molecule has 0 fully saturated rings. The van der Waals surface area contributed by atoms with Crippen LogP contribution in [-0.4, -0.2) is 11.5 Å². The molecule has 0 aliphatic heterocycles. The van der Waals surface area contributed by atoms with Gasteiger partial charge < -0.3 is 5.32 Å². The summed E-state index contributed by atoms with van der Waals surface area (Å²) in [5.74, 6) is 0. The van der Waals surface area contributed by atoms with Gasteiger partial charge in [0.1, 0.15) is 5.01 Å². The van der Waals surface area contributed by atoms with E-state index >= 15 is 0 Å². The number of aromatic nitrogens is 1. The van der Waals surface area contributed by atoms with Crippen molar-refractivity contribution in [1.82, 2.24) is 10.3 Å². The van der Waals surface area contributed by atoms with Crippen LogP contribution in [0.3, 0.4) is 0 Å². The fourth-order valence-corrected chi connectivity index (χ4v) is 2.71. The highest BCUT2D eigenvalue weighted by Crippen LogP contribution is 2.27. The molecule has 1 aromatic heterocycles. The Morgan fingerprint density at radius 2 is 2.18 bits per heavy atom. The molecule has 2 rings (SSSR count). The Balaban J connectivity index is 2.42. The Morgan fingerprint density at radius 3 is 2.82 bits per heavy atom. The molecule has 90 valence electrons. The highest BCUT2D eigenvalue weighted by molar-refractivity contribution is 7.09. The summed E-state index contributed by atoms with van der Waals surface area (Å²) < 4.78 is 0. The number of nitrogens with one attached hydrogen (secondary N) is 1. The molecule has 0 aliphatic rings. The molecule has 0 saturated heterocycles. The maximum atomic E-state index is 4.44. The maximum Gasteiger partial charge on any atom is 0.114 e. The predicted molar refractivity (Wildman–Crippen MR) is 73.5 cm³/mol. The zero-order valence-corrected chi connectivity index (χ0v) is 11.3. The second kappa shape index (κ2) is 5.43. The van der Waals surface area contributed by atoms with Gasteiger partial charge in [0.15, 0.2) is 0 Å². The van der Waals surface area contributed by atoms with Crippen LogP contribution in [0.4, 0.5) is 0 Å². The molecule has 0 saturated carbocycles. The van der Waals surface area contributed by atoms with Crippen LogP contribution in [0, 0.1) is 13.8 Å². The van der Waals surface area contributed by atoms with E-state index in [1.807, 2.05) is 11.6 Å². The molecule has 2 nitrogen and oxygen atoms in total. The number of benzene rings is 1. The van der Waals surface area contributed by atoms with E-state index in [-0.39, 0.29) is 6.04 Å². The Bertz CT molecular complexity index is 477. The van der Waals surface area contributed by atoms with Crippen LogP contribution in [0.1, 0.15) is 34.7 Å². The van der Waals surface area contributed by atoms with E-state index in [0.29, 0.717) is 0 Å². The van der Waals surface area contributed by atoms with Crippen molar-refractivity contribution >= 4 is 11.3 Å². The molecule has 0 bridgehead atoms. The third-order valence-electron chi connectivity index (χ3n) is 2.85. The standard InChI is InChI=1S/C14H18N2S/c1-4-15-13(14-16-7-8-17-14)12-9-10(2)5-6-11(12)3/h5-9,13,15H,4H2,1-3H3. The summed E-state index contributed by atoms with van der Waals surface area (Å²) in [7, 11) is 0. The van der Waals surface area contributed by atoms with Crippen molar-refractivity contribution in [2.24, 2.45) is 0 Å².